The number of aromatic nitrogens is 2. The molecular weight excluding hydrogens is 342 g/mol. The highest BCUT2D eigenvalue weighted by Crippen LogP contribution is 2.30. The van der Waals surface area contributed by atoms with Crippen molar-refractivity contribution in [3.8, 4) is 0 Å². The van der Waals surface area contributed by atoms with Crippen molar-refractivity contribution in [2.45, 2.75) is 19.3 Å². The number of rotatable bonds is 7. The molecule has 1 amide bonds. The van der Waals surface area contributed by atoms with Crippen LogP contribution in [0.15, 0.2) is 36.7 Å². The summed E-state index contributed by atoms with van der Waals surface area (Å²) in [7, 11) is 0. The van der Waals surface area contributed by atoms with Crippen LogP contribution in [0.3, 0.4) is 0 Å². The quantitative estimate of drug-likeness (QED) is 0.821. The van der Waals surface area contributed by atoms with Gasteiger partial charge in [0.15, 0.2) is 5.69 Å². The molecule has 0 saturated heterocycles. The van der Waals surface area contributed by atoms with E-state index in [2.05, 4.69) is 9.97 Å². The summed E-state index contributed by atoms with van der Waals surface area (Å²) in [6.45, 7) is 1.26. The third-order valence-electron chi connectivity index (χ3n) is 4.14. The van der Waals surface area contributed by atoms with Gasteiger partial charge in [-0.15, -0.1) is 0 Å². The highest BCUT2D eigenvalue weighted by molar-refractivity contribution is 6.30. The molecule has 2 aromatic rings. The van der Waals surface area contributed by atoms with Crippen molar-refractivity contribution in [3.63, 3.8) is 0 Å². The number of amides is 1. The fourth-order valence-electron chi connectivity index (χ4n) is 2.51. The number of carboxylic acids is 1. The first-order valence-electron chi connectivity index (χ1n) is 8.12. The lowest BCUT2D eigenvalue weighted by Gasteiger charge is -2.22. The topological polar surface area (TPSA) is 83.4 Å². The molecule has 1 aliphatic carbocycles. The number of carbonyl (C=O) groups is 2. The molecule has 25 heavy (non-hydrogen) atoms. The molecule has 1 aromatic heterocycles. The molecule has 0 radical (unpaired) electrons. The van der Waals surface area contributed by atoms with Crippen molar-refractivity contribution in [3.05, 3.63) is 58.6 Å². The highest BCUT2D eigenvalue weighted by atomic mass is 35.5. The van der Waals surface area contributed by atoms with Crippen LogP contribution in [0.25, 0.3) is 0 Å². The molecule has 0 aliphatic heterocycles. The largest absolute Gasteiger partial charge is 0.476 e. The first-order chi connectivity index (χ1) is 12.0. The van der Waals surface area contributed by atoms with E-state index in [9.17, 15) is 9.59 Å². The van der Waals surface area contributed by atoms with Crippen LogP contribution in [0.4, 0.5) is 0 Å². The van der Waals surface area contributed by atoms with E-state index in [1.165, 1.54) is 6.20 Å². The van der Waals surface area contributed by atoms with Gasteiger partial charge >= 0.3 is 5.97 Å². The molecule has 0 bridgehead atoms. The number of hydrogen-bond donors (Lipinski definition) is 1. The van der Waals surface area contributed by atoms with Gasteiger partial charge in [0, 0.05) is 18.1 Å². The van der Waals surface area contributed by atoms with Gasteiger partial charge in [0.2, 0.25) is 0 Å². The Morgan fingerprint density at radius 2 is 1.76 bits per heavy atom. The standard InChI is InChI=1S/C18H18ClN3O3/c19-14-5-3-12(4-6-14)7-8-22(11-13-1-2-13)17(23)15-9-21-16(10-20-15)18(24)25/h3-6,9-10,13H,1-2,7-8,11H2,(H,24,25). The van der Waals surface area contributed by atoms with Gasteiger partial charge in [-0.25, -0.2) is 14.8 Å². The fraction of sp³-hybridized carbons (Fsp3) is 0.333. The van der Waals surface area contributed by atoms with Gasteiger partial charge in [0.05, 0.1) is 12.4 Å². The molecule has 1 aliphatic rings. The van der Waals surface area contributed by atoms with Crippen molar-refractivity contribution in [2.24, 2.45) is 5.92 Å². The minimum atomic E-state index is -1.16. The Hall–Kier alpha value is -2.47. The third-order valence-corrected chi connectivity index (χ3v) is 4.39. The molecule has 3 rings (SSSR count). The average molecular weight is 360 g/mol. The van der Waals surface area contributed by atoms with Crippen molar-refractivity contribution in [2.75, 3.05) is 13.1 Å². The van der Waals surface area contributed by atoms with E-state index in [4.69, 9.17) is 16.7 Å². The Kier molecular flexibility index (Phi) is 5.28. The van der Waals surface area contributed by atoms with E-state index >= 15 is 0 Å². The van der Waals surface area contributed by atoms with Crippen LogP contribution in [-0.4, -0.2) is 44.9 Å². The molecule has 130 valence electrons. The number of nitrogens with zero attached hydrogens (tertiary/aromatic N) is 3. The summed E-state index contributed by atoms with van der Waals surface area (Å²) >= 11 is 5.90. The summed E-state index contributed by atoms with van der Waals surface area (Å²) in [5.74, 6) is -0.838. The summed E-state index contributed by atoms with van der Waals surface area (Å²) < 4.78 is 0. The van der Waals surface area contributed by atoms with Crippen LogP contribution in [-0.2, 0) is 6.42 Å². The van der Waals surface area contributed by atoms with E-state index in [1.807, 2.05) is 24.3 Å². The van der Waals surface area contributed by atoms with Crippen LogP contribution in [0, 0.1) is 5.92 Å². The second kappa shape index (κ2) is 7.61. The second-order valence-corrected chi connectivity index (χ2v) is 6.60. The van der Waals surface area contributed by atoms with E-state index in [1.54, 1.807) is 4.90 Å². The first kappa shape index (κ1) is 17.4. The number of halogens is 1. The molecule has 0 atom stereocenters. The van der Waals surface area contributed by atoms with E-state index < -0.39 is 5.97 Å². The molecule has 1 fully saturated rings. The van der Waals surface area contributed by atoms with E-state index in [0.717, 1.165) is 31.0 Å². The summed E-state index contributed by atoms with van der Waals surface area (Å²) in [5, 5.41) is 9.56. The third kappa shape index (κ3) is 4.76. The van der Waals surface area contributed by atoms with Crippen LogP contribution < -0.4 is 0 Å². The van der Waals surface area contributed by atoms with Gasteiger partial charge in [0.1, 0.15) is 5.69 Å². The van der Waals surface area contributed by atoms with Gasteiger partial charge in [-0.3, -0.25) is 4.79 Å². The Morgan fingerprint density at radius 1 is 1.12 bits per heavy atom. The zero-order valence-corrected chi connectivity index (χ0v) is 14.3. The Morgan fingerprint density at radius 3 is 2.32 bits per heavy atom. The highest BCUT2D eigenvalue weighted by Gasteiger charge is 2.28. The van der Waals surface area contributed by atoms with Gasteiger partial charge in [0.25, 0.3) is 5.91 Å². The molecule has 1 saturated carbocycles. The maximum atomic E-state index is 12.7. The average Bonchev–Trinajstić information content (AvgIpc) is 3.43. The van der Waals surface area contributed by atoms with Crippen molar-refractivity contribution in [1.29, 1.82) is 0 Å². The Balaban J connectivity index is 1.69. The molecule has 1 aromatic carbocycles. The number of benzene rings is 1. The number of carboxylic acid groups (broad SMARTS) is 1. The molecule has 1 heterocycles. The summed E-state index contributed by atoms with van der Waals surface area (Å²) in [6, 6.07) is 7.56. The summed E-state index contributed by atoms with van der Waals surface area (Å²) in [5.41, 5.74) is 1.10. The normalized spacial score (nSPS) is 13.5. The Bertz CT molecular complexity index is 758. The van der Waals surface area contributed by atoms with Crippen LogP contribution >= 0.6 is 11.6 Å². The van der Waals surface area contributed by atoms with Gasteiger partial charge in [-0.2, -0.15) is 0 Å². The minimum Gasteiger partial charge on any atom is -0.476 e. The maximum Gasteiger partial charge on any atom is 0.356 e. The van der Waals surface area contributed by atoms with Crippen LogP contribution in [0.1, 0.15) is 39.4 Å². The lowest BCUT2D eigenvalue weighted by atomic mass is 10.1. The van der Waals surface area contributed by atoms with Crippen molar-refractivity contribution >= 4 is 23.5 Å². The van der Waals surface area contributed by atoms with E-state index in [-0.39, 0.29) is 17.3 Å². The maximum absolute atomic E-state index is 12.7. The fourth-order valence-corrected chi connectivity index (χ4v) is 2.64. The van der Waals surface area contributed by atoms with Crippen LogP contribution in [0.2, 0.25) is 5.02 Å². The molecular formula is C18H18ClN3O3. The molecule has 1 N–H and O–H groups in total. The second-order valence-electron chi connectivity index (χ2n) is 6.16. The zero-order valence-electron chi connectivity index (χ0n) is 13.6. The minimum absolute atomic E-state index is 0.168. The summed E-state index contributed by atoms with van der Waals surface area (Å²) in [6.07, 6.45) is 5.33. The number of aromatic carboxylic acids is 1. The van der Waals surface area contributed by atoms with Gasteiger partial charge < -0.3 is 10.0 Å². The first-order valence-corrected chi connectivity index (χ1v) is 8.50. The predicted molar refractivity (Wildman–Crippen MR) is 92.8 cm³/mol. The molecule has 0 spiro atoms. The molecule has 6 nitrogen and oxygen atoms in total. The Labute approximate surface area is 150 Å². The lowest BCUT2D eigenvalue weighted by molar-refractivity contribution is 0.0685. The number of carbonyl (C=O) groups excluding carboxylic acids is 1. The lowest BCUT2D eigenvalue weighted by Crippen LogP contribution is -2.35. The smallest absolute Gasteiger partial charge is 0.356 e. The summed E-state index contributed by atoms with van der Waals surface area (Å²) in [4.78, 5) is 33.1. The SMILES string of the molecule is O=C(O)c1cnc(C(=O)N(CCc2ccc(Cl)cc2)CC2CC2)cn1. The zero-order chi connectivity index (χ0) is 17.8. The molecule has 7 heteroatoms. The van der Waals surface area contributed by atoms with Gasteiger partial charge in [-0.1, -0.05) is 23.7 Å². The van der Waals surface area contributed by atoms with Gasteiger partial charge in [-0.05, 0) is 42.9 Å². The number of hydrogen-bond acceptors (Lipinski definition) is 4. The predicted octanol–water partition coefficient (Wildman–Crippen LogP) is 2.92. The van der Waals surface area contributed by atoms with Crippen molar-refractivity contribution in [1.82, 2.24) is 14.9 Å². The van der Waals surface area contributed by atoms with Crippen LogP contribution in [0.5, 0.6) is 0 Å². The monoisotopic (exact) mass is 359 g/mol. The molecule has 0 unspecified atom stereocenters. The van der Waals surface area contributed by atoms with E-state index in [0.29, 0.717) is 24.0 Å². The van der Waals surface area contributed by atoms with Crippen molar-refractivity contribution < 1.29 is 14.7 Å².